The molecular weight excluding hydrogens is 150 g/mol. The zero-order valence-electron chi connectivity index (χ0n) is 6.09. The second kappa shape index (κ2) is 6.74. The van der Waals surface area contributed by atoms with Crippen molar-refractivity contribution in [3.05, 3.63) is 0 Å². The molecule has 0 aromatic rings. The molecule has 0 aliphatic heterocycles. The van der Waals surface area contributed by atoms with Crippen LogP contribution in [0.1, 0.15) is 13.3 Å². The number of carbonyl (C=O) groups excluding carboxylic acids is 1. The lowest BCUT2D eigenvalue weighted by molar-refractivity contribution is 0.152. The second-order valence-corrected chi connectivity index (χ2v) is 2.17. The van der Waals surface area contributed by atoms with Gasteiger partial charge >= 0.3 is 6.09 Å². The van der Waals surface area contributed by atoms with Crippen LogP contribution in [0, 0.1) is 0 Å². The van der Waals surface area contributed by atoms with Gasteiger partial charge in [0.25, 0.3) is 0 Å². The van der Waals surface area contributed by atoms with Crippen LogP contribution >= 0.6 is 12.6 Å². The van der Waals surface area contributed by atoms with E-state index in [-0.39, 0.29) is 6.09 Å². The number of alkyl carbamates (subject to hydrolysis) is 1. The molecule has 10 heavy (non-hydrogen) atoms. The molecule has 1 amide bonds. The van der Waals surface area contributed by atoms with Crippen LogP contribution in [0.5, 0.6) is 0 Å². The van der Waals surface area contributed by atoms with E-state index in [1.807, 2.05) is 0 Å². The minimum Gasteiger partial charge on any atom is -0.450 e. The first-order valence-electron chi connectivity index (χ1n) is 3.32. The summed E-state index contributed by atoms with van der Waals surface area (Å²) in [5, 5.41) is 2.57. The van der Waals surface area contributed by atoms with E-state index in [2.05, 4.69) is 22.7 Å². The van der Waals surface area contributed by atoms with Crippen molar-refractivity contribution in [3.8, 4) is 0 Å². The van der Waals surface area contributed by atoms with Crippen LogP contribution in [0.3, 0.4) is 0 Å². The first-order valence-corrected chi connectivity index (χ1v) is 3.96. The number of hydrogen-bond donors (Lipinski definition) is 2. The monoisotopic (exact) mass is 163 g/mol. The van der Waals surface area contributed by atoms with Crippen molar-refractivity contribution < 1.29 is 9.53 Å². The molecule has 0 bridgehead atoms. The molecule has 0 saturated carbocycles. The summed E-state index contributed by atoms with van der Waals surface area (Å²) < 4.78 is 4.61. The molecule has 0 saturated heterocycles. The van der Waals surface area contributed by atoms with E-state index >= 15 is 0 Å². The topological polar surface area (TPSA) is 38.3 Å². The Morgan fingerprint density at radius 1 is 1.70 bits per heavy atom. The van der Waals surface area contributed by atoms with Crippen LogP contribution in [0.25, 0.3) is 0 Å². The van der Waals surface area contributed by atoms with E-state index in [0.29, 0.717) is 13.2 Å². The minimum absolute atomic E-state index is 0.343. The molecule has 0 aliphatic rings. The molecule has 1 N–H and O–H groups in total. The average molecular weight is 163 g/mol. The Balaban J connectivity index is 3.05. The van der Waals surface area contributed by atoms with Crippen molar-refractivity contribution in [3.63, 3.8) is 0 Å². The van der Waals surface area contributed by atoms with Gasteiger partial charge in [-0.1, -0.05) is 0 Å². The van der Waals surface area contributed by atoms with Crippen LogP contribution in [0.15, 0.2) is 0 Å². The van der Waals surface area contributed by atoms with Crippen molar-refractivity contribution in [1.29, 1.82) is 0 Å². The second-order valence-electron chi connectivity index (χ2n) is 1.72. The molecule has 0 spiro atoms. The number of thiol groups is 1. The van der Waals surface area contributed by atoms with Crippen LogP contribution in [-0.4, -0.2) is 25.0 Å². The highest BCUT2D eigenvalue weighted by atomic mass is 32.1. The number of hydrogen-bond acceptors (Lipinski definition) is 3. The molecule has 0 radical (unpaired) electrons. The standard InChI is InChI=1S/C6H13NO2S/c1-2-9-6(8)7-4-3-5-10/h10H,2-5H2,1H3,(H,7,8). The number of carbonyl (C=O) groups is 1. The van der Waals surface area contributed by atoms with Gasteiger partial charge in [0.1, 0.15) is 0 Å². The summed E-state index contributed by atoms with van der Waals surface area (Å²) in [6, 6.07) is 0. The van der Waals surface area contributed by atoms with E-state index in [1.165, 1.54) is 0 Å². The van der Waals surface area contributed by atoms with E-state index in [1.54, 1.807) is 6.92 Å². The minimum atomic E-state index is -0.343. The largest absolute Gasteiger partial charge is 0.450 e. The highest BCUT2D eigenvalue weighted by molar-refractivity contribution is 7.80. The Hall–Kier alpha value is -0.380. The molecule has 0 fully saturated rings. The van der Waals surface area contributed by atoms with Gasteiger partial charge in [-0.05, 0) is 19.1 Å². The average Bonchev–Trinajstić information content (AvgIpc) is 1.89. The fourth-order valence-corrected chi connectivity index (χ4v) is 0.610. The summed E-state index contributed by atoms with van der Waals surface area (Å²) >= 11 is 3.98. The van der Waals surface area contributed by atoms with Gasteiger partial charge in [0.05, 0.1) is 6.61 Å². The molecule has 0 heterocycles. The predicted molar refractivity (Wildman–Crippen MR) is 43.5 cm³/mol. The summed E-state index contributed by atoms with van der Waals surface area (Å²) in [4.78, 5) is 10.6. The fraction of sp³-hybridized carbons (Fsp3) is 0.833. The normalized spacial score (nSPS) is 9.00. The van der Waals surface area contributed by atoms with Crippen LogP contribution in [0.2, 0.25) is 0 Å². The summed E-state index contributed by atoms with van der Waals surface area (Å²) in [6.45, 7) is 2.84. The van der Waals surface area contributed by atoms with Gasteiger partial charge in [-0.3, -0.25) is 0 Å². The van der Waals surface area contributed by atoms with Crippen LogP contribution < -0.4 is 5.32 Å². The molecule has 60 valence electrons. The van der Waals surface area contributed by atoms with Gasteiger partial charge in [-0.25, -0.2) is 4.79 Å². The number of rotatable bonds is 4. The first kappa shape index (κ1) is 9.62. The van der Waals surface area contributed by atoms with E-state index < -0.39 is 0 Å². The Labute approximate surface area is 66.5 Å². The highest BCUT2D eigenvalue weighted by Crippen LogP contribution is 1.81. The molecule has 0 rings (SSSR count). The van der Waals surface area contributed by atoms with E-state index in [9.17, 15) is 4.79 Å². The zero-order valence-corrected chi connectivity index (χ0v) is 6.99. The number of ether oxygens (including phenoxy) is 1. The zero-order chi connectivity index (χ0) is 7.82. The summed E-state index contributed by atoms with van der Waals surface area (Å²) in [5.74, 6) is 0.784. The number of amides is 1. The third-order valence-corrected chi connectivity index (χ3v) is 1.20. The lowest BCUT2D eigenvalue weighted by atomic mass is 10.5. The van der Waals surface area contributed by atoms with E-state index in [0.717, 1.165) is 12.2 Å². The molecule has 0 aromatic carbocycles. The van der Waals surface area contributed by atoms with E-state index in [4.69, 9.17) is 0 Å². The molecular formula is C6H13NO2S. The van der Waals surface area contributed by atoms with Crippen molar-refractivity contribution in [1.82, 2.24) is 5.32 Å². The van der Waals surface area contributed by atoms with Gasteiger partial charge in [-0.15, -0.1) is 0 Å². The Bertz CT molecular complexity index is 97.7. The quantitative estimate of drug-likeness (QED) is 0.480. The smallest absolute Gasteiger partial charge is 0.407 e. The van der Waals surface area contributed by atoms with Gasteiger partial charge in [0.15, 0.2) is 0 Å². The van der Waals surface area contributed by atoms with Gasteiger partial charge in [0.2, 0.25) is 0 Å². The first-order chi connectivity index (χ1) is 4.81. The van der Waals surface area contributed by atoms with Gasteiger partial charge < -0.3 is 10.1 Å². The molecule has 0 aromatic heterocycles. The van der Waals surface area contributed by atoms with Crippen molar-refractivity contribution in [2.75, 3.05) is 18.9 Å². The maximum absolute atomic E-state index is 10.6. The molecule has 0 atom stereocenters. The maximum Gasteiger partial charge on any atom is 0.407 e. The Morgan fingerprint density at radius 2 is 2.40 bits per heavy atom. The maximum atomic E-state index is 10.6. The third kappa shape index (κ3) is 5.75. The van der Waals surface area contributed by atoms with Crippen molar-refractivity contribution in [2.24, 2.45) is 0 Å². The lowest BCUT2D eigenvalue weighted by Gasteiger charge is -2.02. The lowest BCUT2D eigenvalue weighted by Crippen LogP contribution is -2.25. The fourth-order valence-electron chi connectivity index (χ4n) is 0.452. The SMILES string of the molecule is CCOC(=O)NCCCS. The third-order valence-electron chi connectivity index (χ3n) is 0.880. The summed E-state index contributed by atoms with van der Waals surface area (Å²) in [5.41, 5.74) is 0. The number of nitrogens with one attached hydrogen (secondary N) is 1. The predicted octanol–water partition coefficient (Wildman–Crippen LogP) is 1.05. The Morgan fingerprint density at radius 3 is 2.90 bits per heavy atom. The molecule has 3 nitrogen and oxygen atoms in total. The van der Waals surface area contributed by atoms with Crippen molar-refractivity contribution in [2.45, 2.75) is 13.3 Å². The Kier molecular flexibility index (Phi) is 6.48. The van der Waals surface area contributed by atoms with Crippen molar-refractivity contribution >= 4 is 18.7 Å². The van der Waals surface area contributed by atoms with Crippen LogP contribution in [-0.2, 0) is 4.74 Å². The van der Waals surface area contributed by atoms with Gasteiger partial charge in [-0.2, -0.15) is 12.6 Å². The summed E-state index contributed by atoms with van der Waals surface area (Å²) in [6.07, 6.45) is 0.534. The van der Waals surface area contributed by atoms with Crippen LogP contribution in [0.4, 0.5) is 4.79 Å². The molecule has 4 heteroatoms. The summed E-state index contributed by atoms with van der Waals surface area (Å²) in [7, 11) is 0. The molecule has 0 unspecified atom stereocenters. The molecule has 0 aliphatic carbocycles. The van der Waals surface area contributed by atoms with Gasteiger partial charge in [0, 0.05) is 6.54 Å². The highest BCUT2D eigenvalue weighted by Gasteiger charge is 1.95.